The Morgan fingerprint density at radius 1 is 1.14 bits per heavy atom. The van der Waals surface area contributed by atoms with Crippen LogP contribution in [0.5, 0.6) is 17.5 Å². The molecule has 0 spiro atoms. The van der Waals surface area contributed by atoms with Gasteiger partial charge in [0.15, 0.2) is 17.5 Å². The van der Waals surface area contributed by atoms with Crippen LogP contribution < -0.4 is 4.74 Å². The zero-order valence-corrected chi connectivity index (χ0v) is 11.8. The second-order valence-electron chi connectivity index (χ2n) is 4.36. The Kier molecular flexibility index (Phi) is 3.52. The van der Waals surface area contributed by atoms with E-state index in [0.717, 1.165) is 4.57 Å². The minimum absolute atomic E-state index is 0.0295. The Balaban J connectivity index is 2.04. The minimum Gasteiger partial charge on any atom is -0.494 e. The molecule has 0 saturated heterocycles. The third kappa shape index (κ3) is 2.51. The number of aromatic hydroxyl groups is 2. The highest BCUT2D eigenvalue weighted by atomic mass is 35.5. The summed E-state index contributed by atoms with van der Waals surface area (Å²) < 4.78 is 11.3. The lowest BCUT2D eigenvalue weighted by atomic mass is 10.3. The number of rotatable bonds is 3. The predicted octanol–water partition coefficient (Wildman–Crippen LogP) is 3.35. The Bertz CT molecular complexity index is 803. The molecule has 0 aliphatic carbocycles. The van der Waals surface area contributed by atoms with Crippen LogP contribution in [0.3, 0.4) is 0 Å². The number of esters is 1. The van der Waals surface area contributed by atoms with Crippen molar-refractivity contribution in [2.45, 2.75) is 0 Å². The highest BCUT2D eigenvalue weighted by molar-refractivity contribution is 6.30. The zero-order valence-electron chi connectivity index (χ0n) is 11.1. The third-order valence-corrected chi connectivity index (χ3v) is 3.16. The van der Waals surface area contributed by atoms with Gasteiger partial charge in [0.1, 0.15) is 0 Å². The number of hydrogen-bond acceptors (Lipinski definition) is 5. The molecule has 0 radical (unpaired) electrons. The van der Waals surface area contributed by atoms with Crippen LogP contribution in [0.1, 0.15) is 10.6 Å². The van der Waals surface area contributed by atoms with Crippen molar-refractivity contribution in [3.63, 3.8) is 0 Å². The molecule has 22 heavy (non-hydrogen) atoms. The summed E-state index contributed by atoms with van der Waals surface area (Å²) in [6, 6.07) is 10.0. The lowest BCUT2D eigenvalue weighted by Gasteiger charge is -2.12. The van der Waals surface area contributed by atoms with Gasteiger partial charge in [-0.15, -0.1) is 0 Å². The molecule has 2 heterocycles. The largest absolute Gasteiger partial charge is 0.494 e. The molecule has 3 rings (SSSR count). The van der Waals surface area contributed by atoms with Crippen LogP contribution >= 0.6 is 11.6 Å². The van der Waals surface area contributed by atoms with Crippen LogP contribution in [0.4, 0.5) is 0 Å². The van der Waals surface area contributed by atoms with Gasteiger partial charge in [-0.3, -0.25) is 0 Å². The van der Waals surface area contributed by atoms with Crippen molar-refractivity contribution in [1.29, 1.82) is 0 Å². The fourth-order valence-electron chi connectivity index (χ4n) is 1.96. The Labute approximate surface area is 129 Å². The van der Waals surface area contributed by atoms with Crippen LogP contribution in [0.15, 0.2) is 53.1 Å². The summed E-state index contributed by atoms with van der Waals surface area (Å²) in [6.45, 7) is 0. The van der Waals surface area contributed by atoms with Gasteiger partial charge >= 0.3 is 5.97 Å². The zero-order chi connectivity index (χ0) is 15.7. The van der Waals surface area contributed by atoms with Crippen molar-refractivity contribution in [1.82, 2.24) is 4.57 Å². The van der Waals surface area contributed by atoms with Crippen molar-refractivity contribution in [2.75, 3.05) is 0 Å². The number of benzene rings is 1. The number of hydrogen-bond donors (Lipinski definition) is 2. The number of carbonyl (C=O) groups is 1. The fourth-order valence-corrected chi connectivity index (χ4v) is 2.13. The lowest BCUT2D eigenvalue weighted by molar-refractivity contribution is 0.0700. The first-order valence-corrected chi connectivity index (χ1v) is 6.59. The molecule has 0 bridgehead atoms. The molecule has 6 nitrogen and oxygen atoms in total. The molecule has 2 aromatic heterocycles. The van der Waals surface area contributed by atoms with Crippen molar-refractivity contribution in [2.24, 2.45) is 0 Å². The lowest BCUT2D eigenvalue weighted by Crippen LogP contribution is -2.09. The maximum atomic E-state index is 12.0. The molecule has 0 aliphatic heterocycles. The minimum atomic E-state index is -0.709. The summed E-state index contributed by atoms with van der Waals surface area (Å²) in [7, 11) is 0. The third-order valence-electron chi connectivity index (χ3n) is 2.93. The highest BCUT2D eigenvalue weighted by Gasteiger charge is 2.18. The van der Waals surface area contributed by atoms with Gasteiger partial charge in [-0.25, -0.2) is 9.36 Å². The van der Waals surface area contributed by atoms with Crippen molar-refractivity contribution >= 4 is 17.6 Å². The molecule has 0 unspecified atom stereocenters. The first kappa shape index (κ1) is 14.1. The SMILES string of the molecule is O=C(Oc1ccc(Cl)cc1-n1c(O)ccc1O)c1ccco1. The van der Waals surface area contributed by atoms with Crippen molar-refractivity contribution < 1.29 is 24.2 Å². The molecule has 2 N–H and O–H groups in total. The summed E-state index contributed by atoms with van der Waals surface area (Å²) >= 11 is 5.94. The molecule has 1 aromatic carbocycles. The van der Waals surface area contributed by atoms with Gasteiger partial charge in [0.2, 0.25) is 5.76 Å². The van der Waals surface area contributed by atoms with E-state index in [-0.39, 0.29) is 29.0 Å². The van der Waals surface area contributed by atoms with E-state index in [1.807, 2.05) is 0 Å². The van der Waals surface area contributed by atoms with Gasteiger partial charge in [-0.05, 0) is 30.3 Å². The first-order valence-electron chi connectivity index (χ1n) is 6.21. The fraction of sp³-hybridized carbons (Fsp3) is 0. The molecule has 0 fully saturated rings. The quantitative estimate of drug-likeness (QED) is 0.571. The van der Waals surface area contributed by atoms with Crippen LogP contribution in [0, 0.1) is 0 Å². The number of ether oxygens (including phenoxy) is 1. The number of carbonyl (C=O) groups excluding carboxylic acids is 1. The second kappa shape index (κ2) is 5.50. The molecule has 0 atom stereocenters. The van der Waals surface area contributed by atoms with Crippen molar-refractivity contribution in [3.8, 4) is 23.2 Å². The molecular weight excluding hydrogens is 310 g/mol. The van der Waals surface area contributed by atoms with Crippen LogP contribution in [0.25, 0.3) is 5.69 Å². The average Bonchev–Trinajstić information content (AvgIpc) is 3.12. The maximum Gasteiger partial charge on any atom is 0.379 e. The number of nitrogens with zero attached hydrogens (tertiary/aromatic N) is 1. The second-order valence-corrected chi connectivity index (χ2v) is 4.80. The average molecular weight is 320 g/mol. The number of aromatic nitrogens is 1. The topological polar surface area (TPSA) is 84.8 Å². The van der Waals surface area contributed by atoms with E-state index in [4.69, 9.17) is 20.8 Å². The van der Waals surface area contributed by atoms with E-state index in [1.165, 1.54) is 42.7 Å². The van der Waals surface area contributed by atoms with E-state index >= 15 is 0 Å². The number of halogens is 1. The Hall–Kier alpha value is -2.86. The van der Waals surface area contributed by atoms with Gasteiger partial charge in [0.25, 0.3) is 0 Å². The summed E-state index contributed by atoms with van der Waals surface area (Å²) in [5, 5.41) is 20.0. The smallest absolute Gasteiger partial charge is 0.379 e. The molecular formula is C15H10ClNO5. The van der Waals surface area contributed by atoms with Crippen LogP contribution in [-0.2, 0) is 0 Å². The van der Waals surface area contributed by atoms with Gasteiger partial charge in [0, 0.05) is 17.2 Å². The highest BCUT2D eigenvalue weighted by Crippen LogP contribution is 2.34. The van der Waals surface area contributed by atoms with E-state index in [9.17, 15) is 15.0 Å². The summed E-state index contributed by atoms with van der Waals surface area (Å²) in [5.74, 6) is -1.03. The maximum absolute atomic E-state index is 12.0. The van der Waals surface area contributed by atoms with Crippen LogP contribution in [-0.4, -0.2) is 20.7 Å². The molecule has 3 aromatic rings. The van der Waals surface area contributed by atoms with Crippen LogP contribution in [0.2, 0.25) is 5.02 Å². The monoisotopic (exact) mass is 319 g/mol. The first-order chi connectivity index (χ1) is 10.6. The molecule has 0 amide bonds. The standard InChI is InChI=1S/C15H10ClNO5/c16-9-3-4-11(22-15(20)12-2-1-7-21-12)10(8-9)17-13(18)5-6-14(17)19/h1-8,18-19H. The van der Waals surface area contributed by atoms with E-state index in [1.54, 1.807) is 6.07 Å². The summed E-state index contributed by atoms with van der Waals surface area (Å²) in [6.07, 6.45) is 1.35. The van der Waals surface area contributed by atoms with Gasteiger partial charge < -0.3 is 19.4 Å². The Morgan fingerprint density at radius 3 is 2.50 bits per heavy atom. The molecule has 0 saturated carbocycles. The predicted molar refractivity (Wildman–Crippen MR) is 77.8 cm³/mol. The molecule has 0 aliphatic rings. The van der Waals surface area contributed by atoms with E-state index < -0.39 is 5.97 Å². The number of furan rings is 1. The Morgan fingerprint density at radius 2 is 1.86 bits per heavy atom. The summed E-state index contributed by atoms with van der Waals surface area (Å²) in [5.41, 5.74) is 0.215. The molecule has 7 heteroatoms. The van der Waals surface area contributed by atoms with Gasteiger partial charge in [-0.1, -0.05) is 11.6 Å². The van der Waals surface area contributed by atoms with E-state index in [0.29, 0.717) is 5.02 Å². The normalized spacial score (nSPS) is 10.6. The van der Waals surface area contributed by atoms with Gasteiger partial charge in [-0.2, -0.15) is 0 Å². The molecule has 112 valence electrons. The summed E-state index contributed by atoms with van der Waals surface area (Å²) in [4.78, 5) is 12.0. The van der Waals surface area contributed by atoms with Crippen molar-refractivity contribution in [3.05, 3.63) is 59.5 Å². The van der Waals surface area contributed by atoms with Gasteiger partial charge in [0.05, 0.1) is 12.0 Å². The van der Waals surface area contributed by atoms with E-state index in [2.05, 4.69) is 0 Å².